The van der Waals surface area contributed by atoms with Crippen LogP contribution in [-0.4, -0.2) is 19.4 Å². The highest BCUT2D eigenvalue weighted by Crippen LogP contribution is 2.40. The third-order valence-electron chi connectivity index (χ3n) is 3.24. The number of hydrogen-bond acceptors (Lipinski definition) is 4. The molecule has 0 bridgehead atoms. The fraction of sp³-hybridized carbons (Fsp3) is 0.188. The number of halogens is 7. The van der Waals surface area contributed by atoms with Crippen LogP contribution in [0.3, 0.4) is 0 Å². The van der Waals surface area contributed by atoms with E-state index in [1.165, 1.54) is 0 Å². The summed E-state index contributed by atoms with van der Waals surface area (Å²) in [6, 6.07) is 3.47. The number of carbonyl (C=O) groups is 1. The van der Waals surface area contributed by atoms with Gasteiger partial charge in [-0.25, -0.2) is 4.39 Å². The lowest BCUT2D eigenvalue weighted by Gasteiger charge is -2.16. The van der Waals surface area contributed by atoms with Crippen molar-refractivity contribution in [1.82, 2.24) is 0 Å². The number of rotatable bonds is 5. The van der Waals surface area contributed by atoms with Gasteiger partial charge < -0.3 is 19.9 Å². The Labute approximate surface area is 152 Å². The van der Waals surface area contributed by atoms with Crippen molar-refractivity contribution in [2.45, 2.75) is 12.5 Å². The molecule has 1 amide bonds. The summed E-state index contributed by atoms with van der Waals surface area (Å²) >= 11 is 0. The van der Waals surface area contributed by atoms with Gasteiger partial charge in [-0.05, 0) is 24.3 Å². The summed E-state index contributed by atoms with van der Waals surface area (Å²) in [7, 11) is 1.06. The zero-order valence-electron chi connectivity index (χ0n) is 13.7. The zero-order valence-corrected chi connectivity index (χ0v) is 13.7. The summed E-state index contributed by atoms with van der Waals surface area (Å²) in [6.07, 6.45) is -10.1. The number of benzene rings is 2. The molecule has 0 saturated heterocycles. The highest BCUT2D eigenvalue weighted by molar-refractivity contribution is 5.96. The first-order valence-electron chi connectivity index (χ1n) is 7.14. The average molecular weight is 413 g/mol. The van der Waals surface area contributed by atoms with E-state index >= 15 is 0 Å². The summed E-state index contributed by atoms with van der Waals surface area (Å²) in [5.41, 5.74) is 2.01. The van der Waals surface area contributed by atoms with Gasteiger partial charge in [0.1, 0.15) is 17.1 Å². The number of methoxy groups -OCH3 is 1. The van der Waals surface area contributed by atoms with Crippen molar-refractivity contribution in [3.05, 3.63) is 47.3 Å². The molecule has 0 aromatic heterocycles. The summed E-state index contributed by atoms with van der Waals surface area (Å²) in [5, 5.41) is 0. The van der Waals surface area contributed by atoms with Crippen LogP contribution >= 0.6 is 0 Å². The Bertz CT molecular complexity index is 894. The van der Waals surface area contributed by atoms with Gasteiger partial charge in [-0.15, -0.1) is 13.2 Å². The smallest absolute Gasteiger partial charge is 0.493 e. The molecule has 2 aromatic carbocycles. The minimum atomic E-state index is -5.10. The van der Waals surface area contributed by atoms with Crippen LogP contribution in [0.1, 0.15) is 15.9 Å². The standard InChI is InChI=1S/C16H10F7NO4/c1-26-11-6-7(28-16(21,22)23)2-4-9(11)27-10-5-3-8(15(18,19)20)13(17)12(10)14(24)25/h2-6H,1H3,(H2,24,25). The zero-order chi connectivity index (χ0) is 21.3. The maximum absolute atomic E-state index is 14.1. The molecule has 28 heavy (non-hydrogen) atoms. The Kier molecular flexibility index (Phi) is 5.62. The van der Waals surface area contributed by atoms with Gasteiger partial charge in [-0.2, -0.15) is 13.2 Å². The normalized spacial score (nSPS) is 11.9. The molecule has 152 valence electrons. The molecule has 2 rings (SSSR count). The number of amides is 1. The van der Waals surface area contributed by atoms with E-state index in [1.54, 1.807) is 0 Å². The first-order chi connectivity index (χ1) is 12.8. The Morgan fingerprint density at radius 3 is 2.07 bits per heavy atom. The largest absolute Gasteiger partial charge is 0.573 e. The summed E-state index contributed by atoms with van der Waals surface area (Å²) in [6.45, 7) is 0. The molecule has 0 fully saturated rings. The van der Waals surface area contributed by atoms with Gasteiger partial charge in [0.05, 0.1) is 12.7 Å². The third kappa shape index (κ3) is 4.75. The van der Waals surface area contributed by atoms with Gasteiger partial charge in [0.15, 0.2) is 17.3 Å². The average Bonchev–Trinajstić information content (AvgIpc) is 2.53. The molecular weight excluding hydrogens is 403 g/mol. The number of nitrogens with two attached hydrogens (primary N) is 1. The topological polar surface area (TPSA) is 70.8 Å². The van der Waals surface area contributed by atoms with E-state index in [2.05, 4.69) is 4.74 Å². The molecule has 0 spiro atoms. The monoisotopic (exact) mass is 413 g/mol. The second-order valence-electron chi connectivity index (χ2n) is 5.12. The third-order valence-corrected chi connectivity index (χ3v) is 3.24. The van der Waals surface area contributed by atoms with Crippen molar-refractivity contribution in [3.8, 4) is 23.0 Å². The van der Waals surface area contributed by atoms with E-state index in [1.807, 2.05) is 0 Å². The van der Waals surface area contributed by atoms with Gasteiger partial charge in [-0.1, -0.05) is 0 Å². The minimum absolute atomic E-state index is 0.324. The van der Waals surface area contributed by atoms with E-state index in [0.29, 0.717) is 12.1 Å². The molecule has 0 radical (unpaired) electrons. The Balaban J connectivity index is 2.48. The van der Waals surface area contributed by atoms with Crippen LogP contribution in [0.15, 0.2) is 30.3 Å². The van der Waals surface area contributed by atoms with E-state index < -0.39 is 46.9 Å². The number of alkyl halides is 6. The first kappa shape index (κ1) is 21.1. The van der Waals surface area contributed by atoms with Crippen LogP contribution in [-0.2, 0) is 6.18 Å². The number of primary amides is 1. The predicted molar refractivity (Wildman–Crippen MR) is 79.7 cm³/mol. The Morgan fingerprint density at radius 1 is 0.964 bits per heavy atom. The van der Waals surface area contributed by atoms with Crippen molar-refractivity contribution in [1.29, 1.82) is 0 Å². The quantitative estimate of drug-likeness (QED) is 0.725. The molecule has 0 aliphatic heterocycles. The SMILES string of the molecule is COc1cc(OC(F)(F)F)ccc1Oc1ccc(C(F)(F)F)c(F)c1C(N)=O. The van der Waals surface area contributed by atoms with Crippen LogP contribution in [0.5, 0.6) is 23.0 Å². The highest BCUT2D eigenvalue weighted by Gasteiger charge is 2.37. The lowest BCUT2D eigenvalue weighted by molar-refractivity contribution is -0.274. The van der Waals surface area contributed by atoms with Crippen molar-refractivity contribution < 1.29 is 49.7 Å². The van der Waals surface area contributed by atoms with Crippen LogP contribution in [0, 0.1) is 5.82 Å². The number of carbonyl (C=O) groups excluding carboxylic acids is 1. The van der Waals surface area contributed by atoms with Crippen LogP contribution in [0.4, 0.5) is 30.7 Å². The highest BCUT2D eigenvalue weighted by atomic mass is 19.4. The Hall–Kier alpha value is -3.18. The van der Waals surface area contributed by atoms with Crippen LogP contribution in [0.25, 0.3) is 0 Å². The predicted octanol–water partition coefficient (Wildman–Crippen LogP) is 4.64. The lowest BCUT2D eigenvalue weighted by Crippen LogP contribution is -2.18. The molecule has 2 aromatic rings. The summed E-state index contributed by atoms with van der Waals surface area (Å²) < 4.78 is 103. The van der Waals surface area contributed by atoms with Gasteiger partial charge in [-0.3, -0.25) is 4.79 Å². The van der Waals surface area contributed by atoms with Gasteiger partial charge >= 0.3 is 12.5 Å². The van der Waals surface area contributed by atoms with Gasteiger partial charge in [0.2, 0.25) is 0 Å². The van der Waals surface area contributed by atoms with Crippen molar-refractivity contribution in [2.75, 3.05) is 7.11 Å². The second-order valence-corrected chi connectivity index (χ2v) is 5.12. The number of ether oxygens (including phenoxy) is 3. The van der Waals surface area contributed by atoms with Crippen LogP contribution in [0.2, 0.25) is 0 Å². The van der Waals surface area contributed by atoms with Gasteiger partial charge in [0, 0.05) is 6.07 Å². The lowest BCUT2D eigenvalue weighted by atomic mass is 10.1. The van der Waals surface area contributed by atoms with Crippen LogP contribution < -0.4 is 19.9 Å². The Morgan fingerprint density at radius 2 is 1.57 bits per heavy atom. The fourth-order valence-electron chi connectivity index (χ4n) is 2.14. The summed E-state index contributed by atoms with van der Waals surface area (Å²) in [5.74, 6) is -5.54. The van der Waals surface area contributed by atoms with Crippen molar-refractivity contribution in [2.24, 2.45) is 5.73 Å². The summed E-state index contributed by atoms with van der Waals surface area (Å²) in [4.78, 5) is 11.4. The molecule has 0 aliphatic rings. The molecule has 12 heteroatoms. The van der Waals surface area contributed by atoms with E-state index in [0.717, 1.165) is 25.3 Å². The molecular formula is C16H10F7NO4. The van der Waals surface area contributed by atoms with Gasteiger partial charge in [0.25, 0.3) is 5.91 Å². The van der Waals surface area contributed by atoms with E-state index in [9.17, 15) is 35.5 Å². The van der Waals surface area contributed by atoms with E-state index in [4.69, 9.17) is 15.2 Å². The molecule has 0 unspecified atom stereocenters. The molecule has 0 saturated carbocycles. The molecule has 5 nitrogen and oxygen atoms in total. The first-order valence-corrected chi connectivity index (χ1v) is 7.14. The number of hydrogen-bond donors (Lipinski definition) is 1. The fourth-order valence-corrected chi connectivity index (χ4v) is 2.14. The maximum atomic E-state index is 14.1. The molecule has 2 N–H and O–H groups in total. The van der Waals surface area contributed by atoms with Crippen molar-refractivity contribution in [3.63, 3.8) is 0 Å². The minimum Gasteiger partial charge on any atom is -0.493 e. The molecule has 0 aliphatic carbocycles. The van der Waals surface area contributed by atoms with E-state index in [-0.39, 0.29) is 11.5 Å². The molecule has 0 heterocycles. The molecule has 0 atom stereocenters. The van der Waals surface area contributed by atoms with Crippen molar-refractivity contribution >= 4 is 5.91 Å². The maximum Gasteiger partial charge on any atom is 0.573 e. The second kappa shape index (κ2) is 7.44.